The largest absolute Gasteiger partial charge is 0.376 e. The molecule has 0 aliphatic heterocycles. The summed E-state index contributed by atoms with van der Waals surface area (Å²) in [5.74, 6) is -3.15. The summed E-state index contributed by atoms with van der Waals surface area (Å²) in [5.41, 5.74) is 6.34. The van der Waals surface area contributed by atoms with Gasteiger partial charge in [-0.2, -0.15) is 0 Å². The normalized spacial score (nSPS) is 12.6. The van der Waals surface area contributed by atoms with Gasteiger partial charge in [-0.1, -0.05) is 47.8 Å². The zero-order chi connectivity index (χ0) is 35.3. The molecule has 0 aliphatic carbocycles. The average molecular weight is 1180 g/mol. The van der Waals surface area contributed by atoms with Gasteiger partial charge in [-0.05, 0) is 88.5 Å². The van der Waals surface area contributed by atoms with E-state index < -0.39 is 38.1 Å². The van der Waals surface area contributed by atoms with Gasteiger partial charge in [-0.15, -0.1) is 0 Å². The summed E-state index contributed by atoms with van der Waals surface area (Å²) in [4.78, 5) is 87.1. The fraction of sp³-hybridized carbons (Fsp3) is 0.500. The number of anilines is 1. The van der Waals surface area contributed by atoms with Gasteiger partial charge >= 0.3 is 0 Å². The summed E-state index contributed by atoms with van der Waals surface area (Å²) in [6, 6.07) is 0. The van der Waals surface area contributed by atoms with Crippen LogP contribution < -0.4 is 32.3 Å². The monoisotopic (exact) mass is 1170 g/mol. The Morgan fingerprint density at radius 2 is 1.11 bits per heavy atom. The Labute approximate surface area is 332 Å². The number of amides is 6. The van der Waals surface area contributed by atoms with Crippen LogP contribution in [0.2, 0.25) is 0 Å². The summed E-state index contributed by atoms with van der Waals surface area (Å²) < 4.78 is 1.18. The number of hydrogen-bond donors (Lipinski definition) is 6. The molecule has 0 saturated carbocycles. The third kappa shape index (κ3) is 13.9. The Morgan fingerprint density at radius 1 is 0.674 bits per heavy atom. The molecule has 0 heterocycles. The molecule has 0 saturated heterocycles. The lowest BCUT2D eigenvalue weighted by Gasteiger charge is -2.26. The molecule has 0 bridgehead atoms. The van der Waals surface area contributed by atoms with E-state index in [2.05, 4.69) is 74.4 Å². The van der Waals surface area contributed by atoms with Crippen LogP contribution in [0.25, 0.3) is 0 Å². The van der Waals surface area contributed by atoms with E-state index in [9.17, 15) is 33.6 Å². The van der Waals surface area contributed by atoms with Gasteiger partial charge in [0.05, 0.1) is 58.1 Å². The molecule has 0 aliphatic rings. The molecule has 6 amide bonds. The number of Topliss-reactive ketones (excluding diaryl/α,β-unsaturated/α-hetero) is 1. The maximum atomic E-state index is 14.1. The van der Waals surface area contributed by atoms with Gasteiger partial charge in [0.25, 0.3) is 11.8 Å². The first-order valence-corrected chi connectivity index (χ1v) is 19.5. The van der Waals surface area contributed by atoms with Crippen molar-refractivity contribution in [3.8, 4) is 0 Å². The fourth-order valence-corrected chi connectivity index (χ4v) is 8.44. The van der Waals surface area contributed by atoms with E-state index in [1.807, 2.05) is 67.8 Å². The molecule has 46 heavy (non-hydrogen) atoms. The van der Waals surface area contributed by atoms with Crippen LogP contribution >= 0.6 is 116 Å². The second-order valence-electron chi connectivity index (χ2n) is 9.53. The molecule has 1 aromatic carbocycles. The molecular weight excluding hydrogens is 1140 g/mol. The van der Waals surface area contributed by atoms with Gasteiger partial charge in [0.2, 0.25) is 23.6 Å². The van der Waals surface area contributed by atoms with Gasteiger partial charge in [0.1, 0.15) is 0 Å². The molecule has 1 aromatic rings. The minimum atomic E-state index is -0.770. The molecule has 3 unspecified atom stereocenters. The maximum Gasteiger partial charge on any atom is 0.256 e. The van der Waals surface area contributed by atoms with Gasteiger partial charge < -0.3 is 37.2 Å². The highest BCUT2D eigenvalue weighted by Gasteiger charge is 2.30. The van der Waals surface area contributed by atoms with E-state index in [0.29, 0.717) is 16.4 Å². The highest BCUT2D eigenvalue weighted by molar-refractivity contribution is 14.1. The summed E-state index contributed by atoms with van der Waals surface area (Å²) in [7, 11) is 0. The van der Waals surface area contributed by atoms with Crippen molar-refractivity contribution in [2.75, 3.05) is 51.1 Å². The minimum Gasteiger partial charge on any atom is -0.376 e. The topological polar surface area (TPSA) is 209 Å². The minimum absolute atomic E-state index is 0.000399. The third-order valence-electron chi connectivity index (χ3n) is 5.92. The molecule has 14 nitrogen and oxygen atoms in total. The number of benzene rings is 1. The number of halogens is 6. The number of ketones is 1. The van der Waals surface area contributed by atoms with Crippen LogP contribution in [0, 0.1) is 10.7 Å². The van der Waals surface area contributed by atoms with Gasteiger partial charge in [0, 0.05) is 29.7 Å². The maximum absolute atomic E-state index is 14.1. The number of alkyl halides is 3. The zero-order valence-corrected chi connectivity index (χ0v) is 36.1. The summed E-state index contributed by atoms with van der Waals surface area (Å²) >= 11 is 15.3. The summed E-state index contributed by atoms with van der Waals surface area (Å²) in [5, 5.41) is 13.3. The predicted molar refractivity (Wildman–Crippen MR) is 210 cm³/mol. The van der Waals surface area contributed by atoms with Crippen molar-refractivity contribution < 1.29 is 33.6 Å². The van der Waals surface area contributed by atoms with E-state index in [0.717, 1.165) is 0 Å². The Morgan fingerprint density at radius 3 is 1.50 bits per heavy atom. The number of nitrogens with one attached hydrogen (secondary N) is 5. The number of carbonyl (C=O) groups excluding carboxylic acids is 7. The number of nitrogens with two attached hydrogens (primary N) is 1. The lowest BCUT2D eigenvalue weighted by Crippen LogP contribution is -2.46. The SMILES string of the molecule is CC(Br)C(=O)CNc1c(I)c(C(N)=O)c(I)c(C(=O)N(CCNC(=O)CNC(=O)C(C)Br)CCNC(=O)CNC(=O)C(C)Br)c1I. The van der Waals surface area contributed by atoms with Gasteiger partial charge in [-0.3, -0.25) is 33.6 Å². The van der Waals surface area contributed by atoms with Crippen molar-refractivity contribution in [3.63, 3.8) is 0 Å². The number of hydrogen-bond acceptors (Lipinski definition) is 8. The van der Waals surface area contributed by atoms with Crippen LogP contribution in [0.5, 0.6) is 0 Å². The Bertz CT molecular complexity index is 1310. The van der Waals surface area contributed by atoms with Crippen LogP contribution in [0.3, 0.4) is 0 Å². The van der Waals surface area contributed by atoms with Crippen molar-refractivity contribution in [1.29, 1.82) is 0 Å². The fourth-order valence-electron chi connectivity index (χ4n) is 3.41. The molecule has 20 heteroatoms. The zero-order valence-electron chi connectivity index (χ0n) is 24.8. The van der Waals surface area contributed by atoms with Crippen LogP contribution in [-0.4, -0.2) is 106 Å². The van der Waals surface area contributed by atoms with Crippen molar-refractivity contribution in [2.24, 2.45) is 5.73 Å². The van der Waals surface area contributed by atoms with E-state index in [4.69, 9.17) is 5.73 Å². The van der Waals surface area contributed by atoms with Gasteiger partial charge in [-0.25, -0.2) is 0 Å². The first kappa shape index (κ1) is 43.2. The Kier molecular flexibility index (Phi) is 20.0. The smallest absolute Gasteiger partial charge is 0.256 e. The number of nitrogens with zero attached hydrogens (tertiary/aromatic N) is 1. The first-order valence-electron chi connectivity index (χ1n) is 13.5. The van der Waals surface area contributed by atoms with Crippen LogP contribution in [0.4, 0.5) is 5.69 Å². The predicted octanol–water partition coefficient (Wildman–Crippen LogP) is 1.84. The molecule has 3 atom stereocenters. The molecule has 7 N–H and O–H groups in total. The number of primary amides is 1. The van der Waals surface area contributed by atoms with E-state index in [-0.39, 0.29) is 74.5 Å². The lowest BCUT2D eigenvalue weighted by molar-refractivity contribution is -0.125. The standard InChI is InChI=1S/C26H33Br3I3N7O7/c1-11(27)14(40)8-36-22-20(31)17(23(33)43)19(30)18(21(22)32)26(46)39(6-4-34-15(41)9-37-24(44)12(2)28)7-5-35-16(42)10-38-25(45)13(3)29/h11-13,36H,4-10H2,1-3H3,(H2,33,43)(H,34,41)(H,35,42)(H,37,44)(H,38,45). The van der Waals surface area contributed by atoms with Crippen LogP contribution in [0.15, 0.2) is 0 Å². The van der Waals surface area contributed by atoms with E-state index >= 15 is 0 Å². The highest BCUT2D eigenvalue weighted by Crippen LogP contribution is 2.36. The second-order valence-corrected chi connectivity index (χ2v) is 16.9. The average Bonchev–Trinajstić information content (AvgIpc) is 2.96. The number of carbonyl (C=O) groups is 7. The van der Waals surface area contributed by atoms with Crippen molar-refractivity contribution >= 4 is 162 Å². The molecule has 0 spiro atoms. The van der Waals surface area contributed by atoms with Crippen molar-refractivity contribution in [1.82, 2.24) is 26.2 Å². The van der Waals surface area contributed by atoms with Crippen LogP contribution in [-0.2, 0) is 24.0 Å². The van der Waals surface area contributed by atoms with Crippen molar-refractivity contribution in [2.45, 2.75) is 35.3 Å². The second kappa shape index (κ2) is 21.3. The molecule has 0 aromatic heterocycles. The quantitative estimate of drug-likeness (QED) is 0.0943. The van der Waals surface area contributed by atoms with Crippen LogP contribution in [0.1, 0.15) is 41.5 Å². The third-order valence-corrected chi connectivity index (χ3v) is 10.5. The Balaban J connectivity index is 3.32. The molecule has 256 valence electrons. The first-order chi connectivity index (χ1) is 21.4. The van der Waals surface area contributed by atoms with Gasteiger partial charge in [0.15, 0.2) is 5.78 Å². The Hall–Kier alpha value is -0.860. The molecule has 0 radical (unpaired) electrons. The molecular formula is C26H33Br3I3N7O7. The van der Waals surface area contributed by atoms with Crippen molar-refractivity contribution in [3.05, 3.63) is 21.8 Å². The van der Waals surface area contributed by atoms with E-state index in [1.54, 1.807) is 20.8 Å². The van der Waals surface area contributed by atoms with E-state index in [1.165, 1.54) is 4.90 Å². The molecule has 1 rings (SSSR count). The molecule has 0 fully saturated rings. The number of rotatable bonds is 18. The lowest BCUT2D eigenvalue weighted by atomic mass is 10.1. The summed E-state index contributed by atoms with van der Waals surface area (Å²) in [6.45, 7) is 4.27. The highest BCUT2D eigenvalue weighted by atomic mass is 127. The summed E-state index contributed by atoms with van der Waals surface area (Å²) in [6.07, 6.45) is 0.